The van der Waals surface area contributed by atoms with Crippen LogP contribution in [0.2, 0.25) is 0 Å². The number of nitro benzene ring substituents is 1. The third-order valence-corrected chi connectivity index (χ3v) is 6.74. The highest BCUT2D eigenvalue weighted by Gasteiger charge is 2.31. The van der Waals surface area contributed by atoms with E-state index < -0.39 is 14.9 Å². The minimum atomic E-state index is -3.89. The van der Waals surface area contributed by atoms with Crippen molar-refractivity contribution in [2.24, 2.45) is 0 Å². The topological polar surface area (TPSA) is 114 Å². The molecule has 1 aromatic heterocycles. The molecule has 0 saturated carbocycles. The molecule has 0 atom stereocenters. The molecule has 0 N–H and O–H groups in total. The predicted octanol–water partition coefficient (Wildman–Crippen LogP) is 2.35. The van der Waals surface area contributed by atoms with E-state index in [1.54, 1.807) is 30.0 Å². The Labute approximate surface area is 168 Å². The Kier molecular flexibility index (Phi) is 5.85. The fourth-order valence-corrected chi connectivity index (χ4v) is 4.74. The van der Waals surface area contributed by atoms with Gasteiger partial charge in [0.1, 0.15) is 11.5 Å². The lowest BCUT2D eigenvalue weighted by Gasteiger charge is -2.33. The zero-order valence-corrected chi connectivity index (χ0v) is 16.9. The van der Waals surface area contributed by atoms with Crippen LogP contribution in [0, 0.1) is 24.0 Å². The van der Waals surface area contributed by atoms with Crippen LogP contribution in [-0.4, -0.2) is 54.6 Å². The van der Waals surface area contributed by atoms with Crippen LogP contribution in [0.25, 0.3) is 6.08 Å². The van der Waals surface area contributed by atoms with Gasteiger partial charge in [-0.2, -0.15) is 4.31 Å². The summed E-state index contributed by atoms with van der Waals surface area (Å²) in [5, 5.41) is 11.0. The van der Waals surface area contributed by atoms with Gasteiger partial charge in [0.05, 0.1) is 9.82 Å². The first-order chi connectivity index (χ1) is 13.7. The molecule has 0 bridgehead atoms. The molecule has 29 heavy (non-hydrogen) atoms. The number of benzene rings is 1. The quantitative estimate of drug-likeness (QED) is 0.417. The number of sulfonamides is 1. The first kappa shape index (κ1) is 20.7. The molecule has 0 aliphatic carbocycles. The van der Waals surface area contributed by atoms with Crippen molar-refractivity contribution in [1.29, 1.82) is 0 Å². The standard InChI is InChI=1S/C19H21N3O6S/c1-14-3-5-16(22(24)25)13-18(14)29(26,27)21-11-9-20(10-12-21)19(23)8-7-17-6-4-15(2)28-17/h3-8,13H,9-12H2,1-2H3. The second-order valence-electron chi connectivity index (χ2n) is 6.72. The van der Waals surface area contributed by atoms with E-state index in [4.69, 9.17) is 4.42 Å². The van der Waals surface area contributed by atoms with Crippen LogP contribution in [0.4, 0.5) is 5.69 Å². The summed E-state index contributed by atoms with van der Waals surface area (Å²) in [6.07, 6.45) is 2.97. The van der Waals surface area contributed by atoms with E-state index in [1.807, 2.05) is 6.92 Å². The Hall–Kier alpha value is -2.98. The number of rotatable bonds is 5. The maximum absolute atomic E-state index is 12.9. The average molecular weight is 419 g/mol. The molecule has 1 fully saturated rings. The minimum absolute atomic E-state index is 0.0837. The van der Waals surface area contributed by atoms with Gasteiger partial charge in [0.15, 0.2) is 0 Å². The molecule has 0 unspecified atom stereocenters. The van der Waals surface area contributed by atoms with Crippen LogP contribution >= 0.6 is 0 Å². The van der Waals surface area contributed by atoms with Crippen molar-refractivity contribution in [3.05, 3.63) is 63.6 Å². The van der Waals surface area contributed by atoms with Gasteiger partial charge in [0.25, 0.3) is 5.69 Å². The van der Waals surface area contributed by atoms with Gasteiger partial charge in [-0.25, -0.2) is 8.42 Å². The summed E-state index contributed by atoms with van der Waals surface area (Å²) in [6.45, 7) is 4.09. The van der Waals surface area contributed by atoms with Crippen molar-refractivity contribution in [2.75, 3.05) is 26.2 Å². The van der Waals surface area contributed by atoms with Crippen LogP contribution in [0.1, 0.15) is 17.1 Å². The number of aryl methyl sites for hydroxylation is 2. The minimum Gasteiger partial charge on any atom is -0.462 e. The van der Waals surface area contributed by atoms with Crippen molar-refractivity contribution < 1.29 is 22.6 Å². The number of hydrogen-bond donors (Lipinski definition) is 0. The molecule has 9 nitrogen and oxygen atoms in total. The fraction of sp³-hybridized carbons (Fsp3) is 0.316. The van der Waals surface area contributed by atoms with E-state index in [2.05, 4.69) is 0 Å². The normalized spacial score (nSPS) is 15.7. The summed E-state index contributed by atoms with van der Waals surface area (Å²) in [7, 11) is -3.89. The number of piperazine rings is 1. The summed E-state index contributed by atoms with van der Waals surface area (Å²) >= 11 is 0. The largest absolute Gasteiger partial charge is 0.462 e. The molecule has 1 aromatic carbocycles. The average Bonchev–Trinajstić information content (AvgIpc) is 3.11. The Morgan fingerprint density at radius 2 is 1.83 bits per heavy atom. The number of hydrogen-bond acceptors (Lipinski definition) is 6. The van der Waals surface area contributed by atoms with Gasteiger partial charge in [-0.15, -0.1) is 0 Å². The van der Waals surface area contributed by atoms with Gasteiger partial charge in [-0.05, 0) is 37.6 Å². The molecule has 154 valence electrons. The van der Waals surface area contributed by atoms with Crippen LogP contribution in [-0.2, 0) is 14.8 Å². The Morgan fingerprint density at radius 1 is 1.14 bits per heavy atom. The zero-order valence-electron chi connectivity index (χ0n) is 16.1. The number of furan rings is 1. The number of carbonyl (C=O) groups excluding carboxylic acids is 1. The summed E-state index contributed by atoms with van der Waals surface area (Å²) in [5.41, 5.74) is 0.159. The van der Waals surface area contributed by atoms with E-state index in [1.165, 1.54) is 22.5 Å². The van der Waals surface area contributed by atoms with Crippen molar-refractivity contribution in [3.63, 3.8) is 0 Å². The number of carbonyl (C=O) groups is 1. The van der Waals surface area contributed by atoms with Crippen LogP contribution in [0.3, 0.4) is 0 Å². The Balaban J connectivity index is 1.68. The Bertz CT molecular complexity index is 1070. The monoisotopic (exact) mass is 419 g/mol. The molecule has 2 heterocycles. The summed E-state index contributed by atoms with van der Waals surface area (Å²) in [5.74, 6) is 1.08. The zero-order chi connectivity index (χ0) is 21.2. The second-order valence-corrected chi connectivity index (χ2v) is 8.62. The van der Waals surface area contributed by atoms with Gasteiger partial charge in [-0.1, -0.05) is 6.07 Å². The van der Waals surface area contributed by atoms with Gasteiger partial charge < -0.3 is 9.32 Å². The molecule has 10 heteroatoms. The molecule has 2 aromatic rings. The first-order valence-electron chi connectivity index (χ1n) is 8.97. The molecule has 0 spiro atoms. The molecular weight excluding hydrogens is 398 g/mol. The highest BCUT2D eigenvalue weighted by Crippen LogP contribution is 2.25. The van der Waals surface area contributed by atoms with Gasteiger partial charge in [0.2, 0.25) is 15.9 Å². The van der Waals surface area contributed by atoms with Crippen LogP contribution < -0.4 is 0 Å². The molecule has 0 radical (unpaired) electrons. The summed E-state index contributed by atoms with van der Waals surface area (Å²) in [6, 6.07) is 7.33. The number of amides is 1. The van der Waals surface area contributed by atoms with Gasteiger partial charge in [0, 0.05) is 44.4 Å². The van der Waals surface area contributed by atoms with Gasteiger partial charge in [-0.3, -0.25) is 14.9 Å². The van der Waals surface area contributed by atoms with Crippen molar-refractivity contribution in [3.8, 4) is 0 Å². The number of non-ortho nitro benzene ring substituents is 1. The lowest BCUT2D eigenvalue weighted by molar-refractivity contribution is -0.385. The highest BCUT2D eigenvalue weighted by molar-refractivity contribution is 7.89. The fourth-order valence-electron chi connectivity index (χ4n) is 3.07. The SMILES string of the molecule is Cc1ccc(C=CC(=O)N2CCN(S(=O)(=O)c3cc([N+](=O)[O-])ccc3C)CC2)o1. The van der Waals surface area contributed by atoms with Crippen LogP contribution in [0.15, 0.2) is 45.7 Å². The lowest BCUT2D eigenvalue weighted by atomic mass is 10.2. The van der Waals surface area contributed by atoms with Crippen molar-refractivity contribution in [1.82, 2.24) is 9.21 Å². The molecule has 1 amide bonds. The molecule has 3 rings (SSSR count). The molecule has 1 aliphatic rings. The highest BCUT2D eigenvalue weighted by atomic mass is 32.2. The maximum atomic E-state index is 12.9. The summed E-state index contributed by atoms with van der Waals surface area (Å²) in [4.78, 5) is 24.2. The predicted molar refractivity (Wildman–Crippen MR) is 106 cm³/mol. The van der Waals surface area contributed by atoms with E-state index in [-0.39, 0.29) is 42.7 Å². The smallest absolute Gasteiger partial charge is 0.270 e. The van der Waals surface area contributed by atoms with E-state index in [9.17, 15) is 23.3 Å². The third kappa shape index (κ3) is 4.54. The van der Waals surface area contributed by atoms with Gasteiger partial charge >= 0.3 is 0 Å². The molecular formula is C19H21N3O6S. The third-order valence-electron chi connectivity index (χ3n) is 4.70. The Morgan fingerprint density at radius 3 is 2.41 bits per heavy atom. The molecule has 1 aliphatic heterocycles. The van der Waals surface area contributed by atoms with Crippen LogP contribution in [0.5, 0.6) is 0 Å². The van der Waals surface area contributed by atoms with E-state index in [0.29, 0.717) is 11.3 Å². The van der Waals surface area contributed by atoms with Crippen molar-refractivity contribution >= 4 is 27.7 Å². The lowest BCUT2D eigenvalue weighted by Crippen LogP contribution is -2.50. The second kappa shape index (κ2) is 8.18. The number of nitrogens with zero attached hydrogens (tertiary/aromatic N) is 3. The summed E-state index contributed by atoms with van der Waals surface area (Å²) < 4.78 is 32.5. The van der Waals surface area contributed by atoms with E-state index >= 15 is 0 Å². The van der Waals surface area contributed by atoms with E-state index in [0.717, 1.165) is 11.8 Å². The maximum Gasteiger partial charge on any atom is 0.270 e. The number of nitro groups is 1. The molecule has 1 saturated heterocycles. The first-order valence-corrected chi connectivity index (χ1v) is 10.4. The van der Waals surface area contributed by atoms with Crippen molar-refractivity contribution in [2.45, 2.75) is 18.7 Å².